The number of likely N-dealkylation sites (N-methyl/N-ethyl adjacent to an activating group) is 1. The molecule has 0 aliphatic carbocycles. The molecule has 0 bridgehead atoms. The SMILES string of the molecule is CCCCOc1cccc(C2/C(=C(\O)c3nc4c(C)cccn4c3C)C(=O)C(=O)N2CCN(C)C)c1. The molecular weight excluding hydrogens is 456 g/mol. The minimum atomic E-state index is -0.745. The third-order valence-electron chi connectivity index (χ3n) is 6.58. The van der Waals surface area contributed by atoms with Gasteiger partial charge in [0.25, 0.3) is 11.7 Å². The van der Waals surface area contributed by atoms with Gasteiger partial charge < -0.3 is 24.0 Å². The van der Waals surface area contributed by atoms with Crippen molar-refractivity contribution in [3.05, 3.63) is 70.7 Å². The maximum absolute atomic E-state index is 13.4. The van der Waals surface area contributed by atoms with Crippen LogP contribution in [-0.4, -0.2) is 69.8 Å². The first-order valence-electron chi connectivity index (χ1n) is 12.3. The number of aliphatic hydroxyl groups is 1. The van der Waals surface area contributed by atoms with Crippen molar-refractivity contribution >= 4 is 23.1 Å². The molecule has 0 radical (unpaired) electrons. The second-order valence-corrected chi connectivity index (χ2v) is 9.50. The molecule has 1 saturated heterocycles. The number of pyridine rings is 1. The van der Waals surface area contributed by atoms with Crippen molar-refractivity contribution in [1.29, 1.82) is 0 Å². The average Bonchev–Trinajstić information content (AvgIpc) is 3.32. The Labute approximate surface area is 211 Å². The Kier molecular flexibility index (Phi) is 7.45. The summed E-state index contributed by atoms with van der Waals surface area (Å²) >= 11 is 0. The summed E-state index contributed by atoms with van der Waals surface area (Å²) in [5.41, 5.74) is 3.40. The number of unbranched alkanes of at least 4 members (excludes halogenated alkanes) is 1. The molecule has 3 heterocycles. The molecule has 0 saturated carbocycles. The van der Waals surface area contributed by atoms with E-state index < -0.39 is 17.7 Å². The van der Waals surface area contributed by atoms with Gasteiger partial charge >= 0.3 is 0 Å². The molecule has 4 rings (SSSR count). The average molecular weight is 491 g/mol. The number of fused-ring (bicyclic) bond motifs is 1. The van der Waals surface area contributed by atoms with Gasteiger partial charge in [0, 0.05) is 19.3 Å². The number of ether oxygens (including phenoxy) is 1. The summed E-state index contributed by atoms with van der Waals surface area (Å²) in [6.07, 6.45) is 3.81. The predicted molar refractivity (Wildman–Crippen MR) is 139 cm³/mol. The number of aryl methyl sites for hydroxylation is 2. The van der Waals surface area contributed by atoms with E-state index in [9.17, 15) is 14.7 Å². The van der Waals surface area contributed by atoms with Gasteiger partial charge in [0.2, 0.25) is 0 Å². The van der Waals surface area contributed by atoms with Crippen LogP contribution in [0.5, 0.6) is 5.75 Å². The maximum Gasteiger partial charge on any atom is 0.295 e. The van der Waals surface area contributed by atoms with Crippen LogP contribution in [0.4, 0.5) is 0 Å². The molecule has 1 aromatic carbocycles. The molecular formula is C28H34N4O4. The van der Waals surface area contributed by atoms with Crippen LogP contribution in [0.25, 0.3) is 11.4 Å². The zero-order chi connectivity index (χ0) is 26.0. The number of nitrogens with zero attached hydrogens (tertiary/aromatic N) is 4. The van der Waals surface area contributed by atoms with E-state index in [0.29, 0.717) is 48.0 Å². The number of imidazole rings is 1. The van der Waals surface area contributed by atoms with Gasteiger partial charge in [-0.3, -0.25) is 9.59 Å². The van der Waals surface area contributed by atoms with Gasteiger partial charge in [-0.25, -0.2) is 4.98 Å². The highest BCUT2D eigenvalue weighted by Crippen LogP contribution is 2.40. The van der Waals surface area contributed by atoms with Gasteiger partial charge in [0.1, 0.15) is 17.1 Å². The van der Waals surface area contributed by atoms with Gasteiger partial charge in [0.15, 0.2) is 5.76 Å². The number of aromatic nitrogens is 2. The number of amides is 1. The van der Waals surface area contributed by atoms with Gasteiger partial charge in [-0.2, -0.15) is 0 Å². The van der Waals surface area contributed by atoms with E-state index >= 15 is 0 Å². The first-order valence-corrected chi connectivity index (χ1v) is 12.3. The number of Topliss-reactive ketones (excluding diaryl/α,β-unsaturated/α-hetero) is 1. The fourth-order valence-corrected chi connectivity index (χ4v) is 4.55. The molecule has 3 aromatic rings. The third-order valence-corrected chi connectivity index (χ3v) is 6.58. The van der Waals surface area contributed by atoms with E-state index in [1.165, 1.54) is 4.90 Å². The first-order chi connectivity index (χ1) is 17.2. The van der Waals surface area contributed by atoms with Gasteiger partial charge in [-0.05, 0) is 63.7 Å². The highest BCUT2D eigenvalue weighted by atomic mass is 16.5. The van der Waals surface area contributed by atoms with Crippen molar-refractivity contribution in [2.75, 3.05) is 33.8 Å². The molecule has 1 amide bonds. The maximum atomic E-state index is 13.4. The number of benzene rings is 1. The van der Waals surface area contributed by atoms with Crippen molar-refractivity contribution in [1.82, 2.24) is 19.2 Å². The topological polar surface area (TPSA) is 87.4 Å². The van der Waals surface area contributed by atoms with E-state index in [0.717, 1.165) is 18.4 Å². The van der Waals surface area contributed by atoms with E-state index in [1.807, 2.05) is 79.8 Å². The van der Waals surface area contributed by atoms with Gasteiger partial charge in [-0.15, -0.1) is 0 Å². The number of hydrogen-bond donors (Lipinski definition) is 1. The van der Waals surface area contributed by atoms with Crippen molar-refractivity contribution in [3.63, 3.8) is 0 Å². The molecule has 1 aliphatic rings. The number of hydrogen-bond acceptors (Lipinski definition) is 6. The summed E-state index contributed by atoms with van der Waals surface area (Å²) in [6.45, 7) is 7.37. The quantitative estimate of drug-likeness (QED) is 0.210. The fraction of sp³-hybridized carbons (Fsp3) is 0.393. The Morgan fingerprint density at radius 2 is 1.94 bits per heavy atom. The summed E-state index contributed by atoms with van der Waals surface area (Å²) in [4.78, 5) is 34.7. The molecule has 0 spiro atoms. The van der Waals surface area contributed by atoms with Crippen LogP contribution in [-0.2, 0) is 9.59 Å². The smallest absolute Gasteiger partial charge is 0.295 e. The summed E-state index contributed by atoms with van der Waals surface area (Å²) in [5, 5.41) is 11.5. The molecule has 36 heavy (non-hydrogen) atoms. The standard InChI is InChI=1S/C28H34N4O4/c1-6-7-16-36-21-12-8-11-20(17-21)24-22(26(34)28(35)32(24)15-14-30(4)5)25(33)23-19(3)31-13-9-10-18(2)27(31)29-23/h8-13,17,24,33H,6-7,14-16H2,1-5H3/b25-22+. The highest BCUT2D eigenvalue weighted by molar-refractivity contribution is 6.46. The lowest BCUT2D eigenvalue weighted by atomic mass is 9.96. The lowest BCUT2D eigenvalue weighted by molar-refractivity contribution is -0.140. The van der Waals surface area contributed by atoms with Gasteiger partial charge in [0.05, 0.1) is 23.9 Å². The number of rotatable bonds is 9. The van der Waals surface area contributed by atoms with Crippen LogP contribution in [0.3, 0.4) is 0 Å². The Morgan fingerprint density at radius 3 is 2.64 bits per heavy atom. The van der Waals surface area contributed by atoms with E-state index in [2.05, 4.69) is 11.9 Å². The Balaban J connectivity index is 1.86. The molecule has 8 nitrogen and oxygen atoms in total. The highest BCUT2D eigenvalue weighted by Gasteiger charge is 2.46. The number of ketones is 1. The van der Waals surface area contributed by atoms with Crippen LogP contribution in [0.15, 0.2) is 48.2 Å². The summed E-state index contributed by atoms with van der Waals surface area (Å²) < 4.78 is 7.77. The van der Waals surface area contributed by atoms with Crippen molar-refractivity contribution < 1.29 is 19.4 Å². The molecule has 1 unspecified atom stereocenters. The largest absolute Gasteiger partial charge is 0.505 e. The second kappa shape index (κ2) is 10.5. The summed E-state index contributed by atoms with van der Waals surface area (Å²) in [5.74, 6) is -0.928. The molecule has 1 aliphatic heterocycles. The molecule has 8 heteroatoms. The van der Waals surface area contributed by atoms with Crippen molar-refractivity contribution in [2.24, 2.45) is 0 Å². The number of carbonyl (C=O) groups is 2. The minimum Gasteiger partial charge on any atom is -0.505 e. The Morgan fingerprint density at radius 1 is 1.17 bits per heavy atom. The van der Waals surface area contributed by atoms with Crippen LogP contribution in [0.2, 0.25) is 0 Å². The van der Waals surface area contributed by atoms with Crippen LogP contribution in [0.1, 0.15) is 48.3 Å². The summed E-state index contributed by atoms with van der Waals surface area (Å²) in [7, 11) is 3.83. The van der Waals surface area contributed by atoms with Crippen LogP contribution in [0, 0.1) is 13.8 Å². The Hall–Kier alpha value is -3.65. The minimum absolute atomic E-state index is 0.0497. The first kappa shape index (κ1) is 25.4. The van der Waals surface area contributed by atoms with Gasteiger partial charge in [-0.1, -0.05) is 31.5 Å². The molecule has 1 atom stereocenters. The van der Waals surface area contributed by atoms with E-state index in [4.69, 9.17) is 4.74 Å². The summed E-state index contributed by atoms with van der Waals surface area (Å²) in [6, 6.07) is 10.5. The molecule has 190 valence electrons. The second-order valence-electron chi connectivity index (χ2n) is 9.50. The monoisotopic (exact) mass is 490 g/mol. The van der Waals surface area contributed by atoms with Crippen LogP contribution < -0.4 is 4.74 Å². The normalized spacial score (nSPS) is 17.5. The number of carbonyl (C=O) groups excluding carboxylic acids is 2. The zero-order valence-electron chi connectivity index (χ0n) is 21.6. The van der Waals surface area contributed by atoms with E-state index in [-0.39, 0.29) is 11.3 Å². The third kappa shape index (κ3) is 4.73. The van der Waals surface area contributed by atoms with E-state index in [1.54, 1.807) is 0 Å². The van der Waals surface area contributed by atoms with Crippen molar-refractivity contribution in [2.45, 2.75) is 39.7 Å². The predicted octanol–water partition coefficient (Wildman–Crippen LogP) is 4.11. The molecule has 1 N–H and O–H groups in total. The van der Waals surface area contributed by atoms with Crippen molar-refractivity contribution in [3.8, 4) is 5.75 Å². The fourth-order valence-electron chi connectivity index (χ4n) is 4.55. The molecule has 2 aromatic heterocycles. The number of aliphatic hydroxyl groups excluding tert-OH is 1. The Bertz CT molecular complexity index is 1320. The zero-order valence-corrected chi connectivity index (χ0v) is 21.6. The molecule has 1 fully saturated rings. The lowest BCUT2D eigenvalue weighted by Gasteiger charge is -2.26. The number of likely N-dealkylation sites (tertiary alicyclic amines) is 1. The lowest BCUT2D eigenvalue weighted by Crippen LogP contribution is -2.35. The van der Waals surface area contributed by atoms with Crippen LogP contribution >= 0.6 is 0 Å².